The summed E-state index contributed by atoms with van der Waals surface area (Å²) >= 11 is 0. The van der Waals surface area contributed by atoms with E-state index in [2.05, 4.69) is 5.10 Å². The summed E-state index contributed by atoms with van der Waals surface area (Å²) in [6.07, 6.45) is 0. The lowest BCUT2D eigenvalue weighted by molar-refractivity contribution is 0.0516. The molecule has 0 aliphatic heterocycles. The second-order valence-corrected chi connectivity index (χ2v) is 3.66. The minimum absolute atomic E-state index is 0.321. The van der Waals surface area contributed by atoms with E-state index in [1.165, 1.54) is 0 Å². The summed E-state index contributed by atoms with van der Waals surface area (Å²) in [5, 5.41) is 5.18. The number of rotatable bonds is 2. The Bertz CT molecular complexity index is 543. The molecule has 0 atom stereocenters. The van der Waals surface area contributed by atoms with Crippen molar-refractivity contribution in [3.63, 3.8) is 0 Å². The number of aromatic nitrogens is 2. The Balaban J connectivity index is 2.65. The van der Waals surface area contributed by atoms with E-state index in [1.54, 1.807) is 18.7 Å². The van der Waals surface area contributed by atoms with Crippen LogP contribution >= 0.6 is 0 Å². The van der Waals surface area contributed by atoms with Crippen LogP contribution in [-0.2, 0) is 11.8 Å². The van der Waals surface area contributed by atoms with Crippen LogP contribution in [-0.4, -0.2) is 22.4 Å². The summed E-state index contributed by atoms with van der Waals surface area (Å²) in [5.74, 6) is -0.321. The number of esters is 1. The van der Waals surface area contributed by atoms with E-state index < -0.39 is 0 Å². The van der Waals surface area contributed by atoms with Crippen LogP contribution in [0, 0.1) is 6.92 Å². The van der Waals surface area contributed by atoms with E-state index in [9.17, 15) is 4.79 Å². The molecule has 0 unspecified atom stereocenters. The van der Waals surface area contributed by atoms with Crippen molar-refractivity contribution in [2.45, 2.75) is 13.8 Å². The summed E-state index contributed by atoms with van der Waals surface area (Å²) < 4.78 is 6.59. The van der Waals surface area contributed by atoms with Crippen LogP contribution in [0.5, 0.6) is 0 Å². The molecule has 16 heavy (non-hydrogen) atoms. The van der Waals surface area contributed by atoms with Gasteiger partial charge in [0.05, 0.1) is 12.1 Å². The summed E-state index contributed by atoms with van der Waals surface area (Å²) in [6, 6.07) is 5.79. The highest BCUT2D eigenvalue weighted by molar-refractivity contribution is 6.02. The first-order chi connectivity index (χ1) is 7.65. The molecule has 2 aromatic rings. The number of hydrogen-bond acceptors (Lipinski definition) is 3. The van der Waals surface area contributed by atoms with Gasteiger partial charge < -0.3 is 4.74 Å². The van der Waals surface area contributed by atoms with Crippen molar-refractivity contribution >= 4 is 16.9 Å². The van der Waals surface area contributed by atoms with Gasteiger partial charge in [-0.25, -0.2) is 4.79 Å². The molecule has 0 saturated heterocycles. The number of hydrogen-bond donors (Lipinski definition) is 0. The predicted molar refractivity (Wildman–Crippen MR) is 61.4 cm³/mol. The second kappa shape index (κ2) is 3.96. The topological polar surface area (TPSA) is 44.1 Å². The van der Waals surface area contributed by atoms with Crippen molar-refractivity contribution in [1.82, 2.24) is 9.78 Å². The van der Waals surface area contributed by atoms with Crippen LogP contribution in [0.4, 0.5) is 0 Å². The molecule has 0 amide bonds. The molecule has 1 aromatic carbocycles. The van der Waals surface area contributed by atoms with Crippen molar-refractivity contribution in [3.8, 4) is 0 Å². The van der Waals surface area contributed by atoms with Gasteiger partial charge in [0, 0.05) is 12.4 Å². The Morgan fingerprint density at radius 2 is 2.25 bits per heavy atom. The van der Waals surface area contributed by atoms with E-state index in [0.717, 1.165) is 16.5 Å². The van der Waals surface area contributed by atoms with Gasteiger partial charge in [-0.05, 0) is 19.4 Å². The quantitative estimate of drug-likeness (QED) is 0.725. The first-order valence-corrected chi connectivity index (χ1v) is 5.24. The molecule has 0 aliphatic rings. The molecule has 0 saturated carbocycles. The SMILES string of the molecule is CCOC(=O)c1c2cccc(C)c2nn1C. The molecule has 0 aliphatic carbocycles. The third kappa shape index (κ3) is 1.56. The van der Waals surface area contributed by atoms with E-state index in [0.29, 0.717) is 12.3 Å². The van der Waals surface area contributed by atoms with E-state index in [4.69, 9.17) is 4.74 Å². The first-order valence-electron chi connectivity index (χ1n) is 5.24. The van der Waals surface area contributed by atoms with Gasteiger partial charge in [0.1, 0.15) is 0 Å². The number of ether oxygens (including phenoxy) is 1. The number of fused-ring (bicyclic) bond motifs is 1. The van der Waals surface area contributed by atoms with E-state index >= 15 is 0 Å². The van der Waals surface area contributed by atoms with Crippen LogP contribution < -0.4 is 0 Å². The zero-order chi connectivity index (χ0) is 11.7. The predicted octanol–water partition coefficient (Wildman–Crippen LogP) is 2.06. The van der Waals surface area contributed by atoms with Crippen LogP contribution in [0.15, 0.2) is 18.2 Å². The van der Waals surface area contributed by atoms with E-state index in [1.807, 2.05) is 25.1 Å². The zero-order valence-electron chi connectivity index (χ0n) is 9.65. The van der Waals surface area contributed by atoms with Crippen LogP contribution in [0.25, 0.3) is 10.9 Å². The van der Waals surface area contributed by atoms with Crippen molar-refractivity contribution in [1.29, 1.82) is 0 Å². The van der Waals surface area contributed by atoms with Crippen LogP contribution in [0.1, 0.15) is 23.0 Å². The third-order valence-corrected chi connectivity index (χ3v) is 2.54. The molecule has 4 nitrogen and oxygen atoms in total. The van der Waals surface area contributed by atoms with Gasteiger partial charge in [-0.2, -0.15) is 5.10 Å². The average molecular weight is 218 g/mol. The molecule has 1 heterocycles. The smallest absolute Gasteiger partial charge is 0.357 e. The fraction of sp³-hybridized carbons (Fsp3) is 0.333. The highest BCUT2D eigenvalue weighted by Crippen LogP contribution is 2.21. The molecule has 0 N–H and O–H groups in total. The fourth-order valence-electron chi connectivity index (χ4n) is 1.80. The highest BCUT2D eigenvalue weighted by atomic mass is 16.5. The number of nitrogens with zero attached hydrogens (tertiary/aromatic N) is 2. The minimum Gasteiger partial charge on any atom is -0.461 e. The van der Waals surface area contributed by atoms with Gasteiger partial charge in [0.2, 0.25) is 0 Å². The largest absolute Gasteiger partial charge is 0.461 e. The Morgan fingerprint density at radius 3 is 2.94 bits per heavy atom. The molecule has 0 bridgehead atoms. The molecule has 2 rings (SSSR count). The number of carbonyl (C=O) groups is 1. The summed E-state index contributed by atoms with van der Waals surface area (Å²) in [5.41, 5.74) is 2.43. The molecular formula is C12H14N2O2. The molecule has 0 fully saturated rings. The molecule has 0 radical (unpaired) electrons. The second-order valence-electron chi connectivity index (χ2n) is 3.66. The van der Waals surface area contributed by atoms with Crippen molar-refractivity contribution in [2.75, 3.05) is 6.61 Å². The first kappa shape index (κ1) is 10.7. The standard InChI is InChI=1S/C12H14N2O2/c1-4-16-12(15)11-9-7-5-6-8(2)10(9)13-14(11)3/h5-7H,4H2,1-3H3. The zero-order valence-corrected chi connectivity index (χ0v) is 9.65. The minimum atomic E-state index is -0.321. The Hall–Kier alpha value is -1.84. The number of aryl methyl sites for hydroxylation is 2. The van der Waals surface area contributed by atoms with Crippen molar-refractivity contribution < 1.29 is 9.53 Å². The lowest BCUT2D eigenvalue weighted by Crippen LogP contribution is -2.10. The summed E-state index contributed by atoms with van der Waals surface area (Å²) in [6.45, 7) is 4.14. The molecule has 1 aromatic heterocycles. The third-order valence-electron chi connectivity index (χ3n) is 2.54. The van der Waals surface area contributed by atoms with Gasteiger partial charge in [-0.1, -0.05) is 18.2 Å². The number of benzene rings is 1. The molecular weight excluding hydrogens is 204 g/mol. The van der Waals surface area contributed by atoms with Gasteiger partial charge in [-0.3, -0.25) is 4.68 Å². The maximum absolute atomic E-state index is 11.8. The monoisotopic (exact) mass is 218 g/mol. The molecule has 0 spiro atoms. The molecule has 84 valence electrons. The lowest BCUT2D eigenvalue weighted by Gasteiger charge is -2.01. The Morgan fingerprint density at radius 1 is 1.50 bits per heavy atom. The highest BCUT2D eigenvalue weighted by Gasteiger charge is 2.17. The summed E-state index contributed by atoms with van der Waals surface area (Å²) in [7, 11) is 1.76. The lowest BCUT2D eigenvalue weighted by atomic mass is 10.1. The van der Waals surface area contributed by atoms with Gasteiger partial charge in [0.25, 0.3) is 0 Å². The van der Waals surface area contributed by atoms with Crippen molar-refractivity contribution in [2.24, 2.45) is 7.05 Å². The maximum Gasteiger partial charge on any atom is 0.357 e. The fourth-order valence-corrected chi connectivity index (χ4v) is 1.80. The van der Waals surface area contributed by atoms with Gasteiger partial charge in [-0.15, -0.1) is 0 Å². The Labute approximate surface area is 93.8 Å². The normalized spacial score (nSPS) is 10.7. The van der Waals surface area contributed by atoms with Gasteiger partial charge in [0.15, 0.2) is 5.69 Å². The van der Waals surface area contributed by atoms with Crippen LogP contribution in [0.2, 0.25) is 0 Å². The van der Waals surface area contributed by atoms with Crippen LogP contribution in [0.3, 0.4) is 0 Å². The summed E-state index contributed by atoms with van der Waals surface area (Å²) in [4.78, 5) is 11.8. The number of carbonyl (C=O) groups excluding carboxylic acids is 1. The molecule has 4 heteroatoms. The maximum atomic E-state index is 11.8. The van der Waals surface area contributed by atoms with E-state index in [-0.39, 0.29) is 5.97 Å². The Kier molecular flexibility index (Phi) is 2.64. The van der Waals surface area contributed by atoms with Crippen molar-refractivity contribution in [3.05, 3.63) is 29.5 Å². The van der Waals surface area contributed by atoms with Gasteiger partial charge >= 0.3 is 5.97 Å². The average Bonchev–Trinajstić information content (AvgIpc) is 2.56.